The summed E-state index contributed by atoms with van der Waals surface area (Å²) < 4.78 is 11.0. The fourth-order valence-corrected chi connectivity index (χ4v) is 3.43. The highest BCUT2D eigenvalue weighted by Crippen LogP contribution is 2.31. The Morgan fingerprint density at radius 3 is 2.50 bits per heavy atom. The molecule has 2 amide bonds. The van der Waals surface area contributed by atoms with Crippen molar-refractivity contribution in [2.45, 2.75) is 13.3 Å². The summed E-state index contributed by atoms with van der Waals surface area (Å²) in [6.07, 6.45) is 3.80. The lowest BCUT2D eigenvalue weighted by molar-refractivity contribution is -0.140. The molecule has 2 aromatic rings. The van der Waals surface area contributed by atoms with Crippen LogP contribution in [0, 0.1) is 11.3 Å². The minimum atomic E-state index is -0.561. The number of methoxy groups -OCH3 is 1. The molecule has 162 valence electrons. The molecule has 32 heavy (non-hydrogen) atoms. The van der Waals surface area contributed by atoms with Gasteiger partial charge < -0.3 is 9.47 Å². The van der Waals surface area contributed by atoms with Crippen molar-refractivity contribution in [3.8, 4) is 17.6 Å². The monoisotopic (exact) mass is 428 g/mol. The van der Waals surface area contributed by atoms with E-state index >= 15 is 0 Å². The van der Waals surface area contributed by atoms with Gasteiger partial charge in [-0.25, -0.2) is 0 Å². The normalized spacial score (nSPS) is 15.0. The van der Waals surface area contributed by atoms with Gasteiger partial charge in [-0.3, -0.25) is 14.5 Å². The van der Waals surface area contributed by atoms with Crippen LogP contribution in [-0.4, -0.2) is 37.0 Å². The van der Waals surface area contributed by atoms with E-state index in [1.807, 2.05) is 36.4 Å². The van der Waals surface area contributed by atoms with E-state index in [4.69, 9.17) is 9.47 Å². The summed E-state index contributed by atoms with van der Waals surface area (Å²) in [7, 11) is 1.53. The summed E-state index contributed by atoms with van der Waals surface area (Å²) in [5, 5.41) is 9.57. The largest absolute Gasteiger partial charge is 0.493 e. The van der Waals surface area contributed by atoms with Gasteiger partial charge >= 0.3 is 0 Å². The molecule has 0 N–H and O–H groups in total. The number of hydrogen-bond donors (Lipinski definition) is 0. The average molecular weight is 428 g/mol. The summed E-state index contributed by atoms with van der Waals surface area (Å²) >= 11 is 0. The van der Waals surface area contributed by atoms with Crippen LogP contribution in [0.3, 0.4) is 0 Å². The number of ether oxygens (including phenoxy) is 2. The summed E-state index contributed by atoms with van der Waals surface area (Å²) in [6, 6.07) is 16.8. The molecular weight excluding hydrogens is 404 g/mol. The Labute approximate surface area is 187 Å². The van der Waals surface area contributed by atoms with Crippen LogP contribution in [0.1, 0.15) is 18.1 Å². The molecule has 0 aromatic heterocycles. The van der Waals surface area contributed by atoms with Crippen LogP contribution in [0.2, 0.25) is 0 Å². The first kappa shape index (κ1) is 22.6. The van der Waals surface area contributed by atoms with Crippen LogP contribution >= 0.6 is 0 Å². The second-order valence-corrected chi connectivity index (χ2v) is 7.18. The maximum Gasteiger partial charge on any atom is 0.271 e. The molecule has 0 spiro atoms. The van der Waals surface area contributed by atoms with Crippen molar-refractivity contribution < 1.29 is 19.1 Å². The van der Waals surface area contributed by atoms with Gasteiger partial charge in [0.15, 0.2) is 11.5 Å². The maximum absolute atomic E-state index is 13.2. The average Bonchev–Trinajstić information content (AvgIpc) is 2.81. The van der Waals surface area contributed by atoms with Gasteiger partial charge in [-0.2, -0.15) is 5.26 Å². The first-order chi connectivity index (χ1) is 15.5. The minimum absolute atomic E-state index is 0.0261. The number of nitriles is 1. The molecule has 3 rings (SSSR count). The maximum atomic E-state index is 13.2. The van der Waals surface area contributed by atoms with Crippen molar-refractivity contribution in [1.29, 1.82) is 5.26 Å². The Bertz CT molecular complexity index is 1140. The fourth-order valence-electron chi connectivity index (χ4n) is 3.43. The SMILES string of the molecule is C=CCOc1ccc(/C=C2/C(=O)N(CCc3ccccc3)C(=O)C(C#N)=C2C)cc1OC. The van der Waals surface area contributed by atoms with Crippen LogP contribution < -0.4 is 9.47 Å². The molecule has 1 aliphatic rings. The van der Waals surface area contributed by atoms with Gasteiger partial charge in [-0.05, 0) is 48.3 Å². The number of rotatable bonds is 8. The molecule has 0 radical (unpaired) electrons. The molecule has 0 saturated heterocycles. The number of carbonyl (C=O) groups excluding carboxylic acids is 2. The van der Waals surface area contributed by atoms with Crippen molar-refractivity contribution in [3.05, 3.63) is 89.0 Å². The van der Waals surface area contributed by atoms with E-state index in [1.165, 1.54) is 7.11 Å². The van der Waals surface area contributed by atoms with E-state index in [0.717, 1.165) is 10.5 Å². The highest BCUT2D eigenvalue weighted by atomic mass is 16.5. The topological polar surface area (TPSA) is 79.6 Å². The van der Waals surface area contributed by atoms with Gasteiger partial charge in [0.05, 0.1) is 7.11 Å². The van der Waals surface area contributed by atoms with Crippen LogP contribution in [0.15, 0.2) is 77.9 Å². The Hall–Kier alpha value is -4.11. The predicted molar refractivity (Wildman–Crippen MR) is 122 cm³/mol. The van der Waals surface area contributed by atoms with Gasteiger partial charge in [0.25, 0.3) is 11.8 Å². The minimum Gasteiger partial charge on any atom is -0.493 e. The van der Waals surface area contributed by atoms with E-state index < -0.39 is 11.8 Å². The molecule has 0 saturated carbocycles. The molecule has 0 aliphatic carbocycles. The third kappa shape index (κ3) is 4.79. The van der Waals surface area contributed by atoms with E-state index in [0.29, 0.717) is 41.2 Å². The van der Waals surface area contributed by atoms with Crippen LogP contribution in [0.5, 0.6) is 11.5 Å². The van der Waals surface area contributed by atoms with Crippen molar-refractivity contribution in [2.24, 2.45) is 0 Å². The standard InChI is InChI=1S/C26H24N2O4/c1-4-14-32-23-11-10-20(16-24(23)31-3)15-21-18(2)22(17-27)26(30)28(25(21)29)13-12-19-8-6-5-7-9-19/h4-11,15-16H,1,12-14H2,2-3H3/b21-15+. The first-order valence-electron chi connectivity index (χ1n) is 10.1. The van der Waals surface area contributed by atoms with E-state index in [1.54, 1.807) is 37.3 Å². The number of carbonyl (C=O) groups is 2. The van der Waals surface area contributed by atoms with Gasteiger partial charge in [-0.1, -0.05) is 49.1 Å². The lowest BCUT2D eigenvalue weighted by Crippen LogP contribution is -2.43. The van der Waals surface area contributed by atoms with Crippen LogP contribution in [-0.2, 0) is 16.0 Å². The fraction of sp³-hybridized carbons (Fsp3) is 0.192. The number of nitrogens with zero attached hydrogens (tertiary/aromatic N) is 2. The Morgan fingerprint density at radius 1 is 1.09 bits per heavy atom. The molecule has 1 heterocycles. The van der Waals surface area contributed by atoms with E-state index in [-0.39, 0.29) is 12.1 Å². The number of hydrogen-bond acceptors (Lipinski definition) is 5. The Morgan fingerprint density at radius 2 is 1.84 bits per heavy atom. The number of imide groups is 1. The molecule has 0 unspecified atom stereocenters. The summed E-state index contributed by atoms with van der Waals surface area (Å²) in [4.78, 5) is 27.2. The molecule has 2 aromatic carbocycles. The second kappa shape index (κ2) is 10.3. The number of benzene rings is 2. The van der Waals surface area contributed by atoms with Gasteiger partial charge in [0.1, 0.15) is 18.2 Å². The highest BCUT2D eigenvalue weighted by molar-refractivity contribution is 6.19. The summed E-state index contributed by atoms with van der Waals surface area (Å²) in [5.74, 6) is 0.0694. The Kier molecular flexibility index (Phi) is 7.25. The van der Waals surface area contributed by atoms with Crippen LogP contribution in [0.4, 0.5) is 0 Å². The van der Waals surface area contributed by atoms with Gasteiger partial charge in [0.2, 0.25) is 0 Å². The third-order valence-corrected chi connectivity index (χ3v) is 5.15. The zero-order valence-electron chi connectivity index (χ0n) is 18.1. The molecule has 6 nitrogen and oxygen atoms in total. The quantitative estimate of drug-likeness (QED) is 0.359. The van der Waals surface area contributed by atoms with Gasteiger partial charge in [-0.15, -0.1) is 0 Å². The van der Waals surface area contributed by atoms with E-state index in [9.17, 15) is 14.9 Å². The lowest BCUT2D eigenvalue weighted by atomic mass is 9.93. The smallest absolute Gasteiger partial charge is 0.271 e. The second-order valence-electron chi connectivity index (χ2n) is 7.18. The third-order valence-electron chi connectivity index (χ3n) is 5.15. The summed E-state index contributed by atoms with van der Waals surface area (Å²) in [6.45, 7) is 5.77. The van der Waals surface area contributed by atoms with Crippen molar-refractivity contribution in [1.82, 2.24) is 4.90 Å². The molecule has 1 aliphatic heterocycles. The molecular formula is C26H24N2O4. The molecule has 0 fully saturated rings. The van der Waals surface area contributed by atoms with Crippen LogP contribution in [0.25, 0.3) is 6.08 Å². The predicted octanol–water partition coefficient (Wildman–Crippen LogP) is 4.09. The Balaban J connectivity index is 1.95. The van der Waals surface area contributed by atoms with Crippen molar-refractivity contribution in [2.75, 3.05) is 20.3 Å². The molecule has 0 atom stereocenters. The lowest BCUT2D eigenvalue weighted by Gasteiger charge is -2.27. The first-order valence-corrected chi connectivity index (χ1v) is 10.1. The zero-order valence-corrected chi connectivity index (χ0v) is 18.1. The summed E-state index contributed by atoms with van der Waals surface area (Å²) in [5.41, 5.74) is 2.33. The van der Waals surface area contributed by atoms with Crippen molar-refractivity contribution in [3.63, 3.8) is 0 Å². The highest BCUT2D eigenvalue weighted by Gasteiger charge is 2.35. The zero-order chi connectivity index (χ0) is 23.1. The van der Waals surface area contributed by atoms with E-state index in [2.05, 4.69) is 6.58 Å². The molecule has 6 heteroatoms. The van der Waals surface area contributed by atoms with Gasteiger partial charge in [0, 0.05) is 12.1 Å². The number of amides is 2. The molecule has 0 bridgehead atoms. The van der Waals surface area contributed by atoms with Crippen molar-refractivity contribution >= 4 is 17.9 Å².